The molecule has 0 bridgehead atoms. The molecule has 8 heteroatoms. The van der Waals surface area contributed by atoms with Crippen LogP contribution in [0.25, 0.3) is 16.9 Å². The van der Waals surface area contributed by atoms with Crippen LogP contribution in [-0.2, 0) is 14.5 Å². The van der Waals surface area contributed by atoms with Crippen molar-refractivity contribution in [3.63, 3.8) is 0 Å². The van der Waals surface area contributed by atoms with Crippen LogP contribution in [-0.4, -0.2) is 19.2 Å². The van der Waals surface area contributed by atoms with Crippen LogP contribution in [0.4, 0.5) is 4.39 Å². The van der Waals surface area contributed by atoms with Gasteiger partial charge in [0.25, 0.3) is 0 Å². The minimum Gasteiger partial charge on any atom is -0.246 e. The fraction of sp³-hybridized carbons (Fsp3) is 0. The molecular weight excluding hydrogens is 343 g/mol. The summed E-state index contributed by atoms with van der Waals surface area (Å²) in [5, 5.41) is 20.0. The molecule has 0 fully saturated rings. The van der Waals surface area contributed by atoms with E-state index in [9.17, 15) is 13.4 Å². The minimum atomic E-state index is -3.34. The summed E-state index contributed by atoms with van der Waals surface area (Å²) in [4.78, 5) is 10.8. The Hall–Kier alpha value is -3.24. The molecule has 1 heterocycles. The summed E-state index contributed by atoms with van der Waals surface area (Å²) >= 11 is 0. The highest BCUT2D eigenvalue weighted by Crippen LogP contribution is 2.25. The summed E-state index contributed by atoms with van der Waals surface area (Å²) in [5.41, 5.74) is 2.00. The van der Waals surface area contributed by atoms with Crippen LogP contribution in [0.15, 0.2) is 59.5 Å². The maximum atomic E-state index is 13.1. The van der Waals surface area contributed by atoms with E-state index in [0.29, 0.717) is 16.9 Å². The first-order valence-electron chi connectivity index (χ1n) is 7.02. The van der Waals surface area contributed by atoms with Crippen LogP contribution in [0.5, 0.6) is 0 Å². The fourth-order valence-electron chi connectivity index (χ4n) is 2.30. The molecule has 1 atom stereocenters. The van der Waals surface area contributed by atoms with E-state index in [1.54, 1.807) is 30.3 Å². The van der Waals surface area contributed by atoms with Gasteiger partial charge in [0.15, 0.2) is 5.69 Å². The van der Waals surface area contributed by atoms with Gasteiger partial charge in [-0.25, -0.2) is 23.2 Å². The lowest BCUT2D eigenvalue weighted by molar-refractivity contribution is 0.569. The Labute approximate surface area is 143 Å². The molecule has 0 radical (unpaired) electrons. The second-order valence-electron chi connectivity index (χ2n) is 5.12. The summed E-state index contributed by atoms with van der Waals surface area (Å²) in [6.45, 7) is 0. The smallest absolute Gasteiger partial charge is 0.205 e. The molecule has 0 amide bonds. The van der Waals surface area contributed by atoms with Gasteiger partial charge in [0.1, 0.15) is 21.6 Å². The maximum absolute atomic E-state index is 13.1. The molecule has 2 aromatic carbocycles. The second-order valence-corrected chi connectivity index (χ2v) is 6.96. The predicted octanol–water partition coefficient (Wildman–Crippen LogP) is 2.13. The van der Waals surface area contributed by atoms with Gasteiger partial charge in [0, 0.05) is 11.6 Å². The topological polar surface area (TPSA) is 102 Å². The Bertz CT molecular complexity index is 1110. The van der Waals surface area contributed by atoms with E-state index >= 15 is 0 Å². The van der Waals surface area contributed by atoms with Crippen molar-refractivity contribution in [2.24, 2.45) is 5.14 Å². The number of hydrogen-bond acceptors (Lipinski definition) is 4. The average Bonchev–Trinajstić information content (AvgIpc) is 3.07. The first kappa shape index (κ1) is 16.6. The zero-order chi connectivity index (χ0) is 18.0. The Morgan fingerprint density at radius 3 is 2.32 bits per heavy atom. The fourth-order valence-corrected chi connectivity index (χ4v) is 2.93. The van der Waals surface area contributed by atoms with Crippen molar-refractivity contribution >= 4 is 14.9 Å². The van der Waals surface area contributed by atoms with Crippen LogP contribution >= 0.6 is 0 Å². The molecule has 0 aliphatic heterocycles. The lowest BCUT2D eigenvalue weighted by atomic mass is 10.1. The third-order valence-corrected chi connectivity index (χ3v) is 4.74. The van der Waals surface area contributed by atoms with E-state index in [0.717, 1.165) is 0 Å². The summed E-state index contributed by atoms with van der Waals surface area (Å²) in [6, 6.07) is 15.3. The molecule has 6 nitrogen and oxygen atoms in total. The minimum absolute atomic E-state index is 0.141. The van der Waals surface area contributed by atoms with Crippen molar-refractivity contribution in [3.8, 4) is 23.0 Å². The molecule has 25 heavy (non-hydrogen) atoms. The summed E-state index contributed by atoms with van der Waals surface area (Å²) in [7, 11) is -3.34. The molecule has 1 aromatic heterocycles. The van der Waals surface area contributed by atoms with Gasteiger partial charge in [-0.1, -0.05) is 0 Å². The second kappa shape index (κ2) is 6.34. The van der Waals surface area contributed by atoms with Crippen LogP contribution < -0.4 is 5.14 Å². The van der Waals surface area contributed by atoms with Crippen LogP contribution in [0.2, 0.25) is 0 Å². The van der Waals surface area contributed by atoms with Crippen molar-refractivity contribution in [1.29, 1.82) is 5.26 Å². The molecule has 2 N–H and O–H groups in total. The van der Waals surface area contributed by atoms with Crippen molar-refractivity contribution in [2.45, 2.75) is 4.90 Å². The van der Waals surface area contributed by atoms with Gasteiger partial charge < -0.3 is 0 Å². The highest BCUT2D eigenvalue weighted by Gasteiger charge is 2.13. The Balaban J connectivity index is 2.13. The summed E-state index contributed by atoms with van der Waals surface area (Å²) in [5.74, 6) is -0.373. The van der Waals surface area contributed by atoms with Crippen LogP contribution in [0.1, 0.15) is 5.69 Å². The number of rotatable bonds is 3. The summed E-state index contributed by atoms with van der Waals surface area (Å²) < 4.78 is 26.5. The zero-order valence-corrected chi connectivity index (χ0v) is 13.5. The number of nitriles is 1. The van der Waals surface area contributed by atoms with Gasteiger partial charge in [0.05, 0.1) is 16.3 Å². The molecular formula is C17H11FN4O2S. The van der Waals surface area contributed by atoms with Gasteiger partial charge in [0.2, 0.25) is 5.23 Å². The lowest BCUT2D eigenvalue weighted by Gasteiger charge is -2.08. The first-order valence-corrected chi connectivity index (χ1v) is 8.64. The van der Waals surface area contributed by atoms with E-state index in [1.165, 1.54) is 34.2 Å². The van der Waals surface area contributed by atoms with Crippen molar-refractivity contribution in [2.75, 3.05) is 0 Å². The number of hydrogen-bond donors (Lipinski definition) is 1. The molecule has 0 spiro atoms. The monoisotopic (exact) mass is 354 g/mol. The van der Waals surface area contributed by atoms with E-state index in [1.807, 2.05) is 6.07 Å². The number of benzene rings is 2. The highest BCUT2D eigenvalue weighted by atomic mass is 32.2. The lowest BCUT2D eigenvalue weighted by Crippen LogP contribution is -2.13. The number of nitrogens with zero attached hydrogens (tertiary/aromatic N) is 3. The number of carbonyl (C=O) groups excluding carboxylic acids is 1. The molecule has 1 unspecified atom stereocenters. The van der Waals surface area contributed by atoms with E-state index in [4.69, 9.17) is 10.4 Å². The van der Waals surface area contributed by atoms with Gasteiger partial charge in [-0.2, -0.15) is 10.4 Å². The Kier molecular flexibility index (Phi) is 4.21. The molecule has 0 aliphatic carbocycles. The van der Waals surface area contributed by atoms with Crippen LogP contribution in [0, 0.1) is 17.1 Å². The SMILES string of the molecule is N#Cc1cc(-c2ccc(F)cc2)n(-c2ccc(S(N)(=O)=C=O)cc2)n1. The number of nitrogens with two attached hydrogens (primary N) is 1. The van der Waals surface area contributed by atoms with E-state index in [-0.39, 0.29) is 16.4 Å². The van der Waals surface area contributed by atoms with Gasteiger partial charge >= 0.3 is 0 Å². The molecule has 0 aliphatic rings. The van der Waals surface area contributed by atoms with Crippen molar-refractivity contribution in [1.82, 2.24) is 9.78 Å². The molecule has 3 aromatic rings. The van der Waals surface area contributed by atoms with Gasteiger partial charge in [-0.05, 0) is 48.5 Å². The standard InChI is InChI=1S/C17H11FN4O2S/c18-13-3-1-12(2-4-13)17-9-14(10-19)21-22(17)15-5-7-16(8-6-15)25(20,24)11-23/h1-9H,(H2,20,24). The quantitative estimate of drug-likeness (QED) is 0.728. The van der Waals surface area contributed by atoms with E-state index in [2.05, 4.69) is 5.10 Å². The number of halogens is 1. The van der Waals surface area contributed by atoms with Crippen molar-refractivity contribution in [3.05, 3.63) is 66.1 Å². The van der Waals surface area contributed by atoms with Crippen LogP contribution in [0.3, 0.4) is 0 Å². The van der Waals surface area contributed by atoms with Crippen molar-refractivity contribution < 1.29 is 13.4 Å². The third kappa shape index (κ3) is 3.20. The molecule has 0 saturated carbocycles. The molecule has 124 valence electrons. The zero-order valence-electron chi connectivity index (χ0n) is 12.7. The largest absolute Gasteiger partial charge is 0.246 e. The predicted molar refractivity (Wildman–Crippen MR) is 90.0 cm³/mol. The maximum Gasteiger partial charge on any atom is 0.205 e. The normalized spacial score (nSPS) is 12.8. The van der Waals surface area contributed by atoms with Gasteiger partial charge in [-0.3, -0.25) is 0 Å². The number of aromatic nitrogens is 2. The molecule has 3 rings (SSSR count). The van der Waals surface area contributed by atoms with Gasteiger partial charge in [-0.15, -0.1) is 0 Å². The summed E-state index contributed by atoms with van der Waals surface area (Å²) in [6.07, 6.45) is 0. The molecule has 0 saturated heterocycles. The first-order chi connectivity index (χ1) is 11.9. The Morgan fingerprint density at radius 1 is 1.12 bits per heavy atom. The average molecular weight is 354 g/mol. The highest BCUT2D eigenvalue weighted by molar-refractivity contribution is 7.98. The van der Waals surface area contributed by atoms with E-state index < -0.39 is 9.71 Å². The Morgan fingerprint density at radius 2 is 1.76 bits per heavy atom. The third-order valence-electron chi connectivity index (χ3n) is 3.52.